The van der Waals surface area contributed by atoms with E-state index in [-0.39, 0.29) is 13.1 Å². The van der Waals surface area contributed by atoms with Crippen molar-refractivity contribution in [1.82, 2.24) is 4.31 Å². The van der Waals surface area contributed by atoms with Crippen molar-refractivity contribution >= 4 is 16.0 Å². The van der Waals surface area contributed by atoms with Crippen molar-refractivity contribution in [3.63, 3.8) is 0 Å². The summed E-state index contributed by atoms with van der Waals surface area (Å²) in [5, 5.41) is 17.5. The Morgan fingerprint density at radius 2 is 2.11 bits per heavy atom. The molecule has 2 rings (SSSR count). The monoisotopic (exact) mass is 284 g/mol. The average molecular weight is 284 g/mol. The van der Waals surface area contributed by atoms with Gasteiger partial charge in [0, 0.05) is 13.1 Å². The summed E-state index contributed by atoms with van der Waals surface area (Å²) in [6, 6.07) is 4.83. The summed E-state index contributed by atoms with van der Waals surface area (Å²) in [6.07, 6.45) is 0. The van der Waals surface area contributed by atoms with Crippen LogP contribution in [-0.4, -0.2) is 36.9 Å². The highest BCUT2D eigenvalue weighted by Gasteiger charge is 2.41. The third kappa shape index (κ3) is 2.18. The van der Waals surface area contributed by atoms with Gasteiger partial charge in [-0.1, -0.05) is 6.07 Å². The van der Waals surface area contributed by atoms with Crippen molar-refractivity contribution < 1.29 is 22.7 Å². The van der Waals surface area contributed by atoms with E-state index >= 15 is 0 Å². The molecule has 0 saturated carbocycles. The van der Waals surface area contributed by atoms with Gasteiger partial charge in [-0.25, -0.2) is 12.8 Å². The van der Waals surface area contributed by atoms with Crippen LogP contribution in [0.25, 0.3) is 0 Å². The van der Waals surface area contributed by atoms with Gasteiger partial charge < -0.3 is 5.11 Å². The highest BCUT2D eigenvalue weighted by molar-refractivity contribution is 7.89. The number of carboxylic acids is 1. The zero-order valence-corrected chi connectivity index (χ0v) is 10.4. The molecule has 1 N–H and O–H groups in total. The molecule has 0 aromatic heterocycles. The maximum absolute atomic E-state index is 13.4. The molecule has 0 bridgehead atoms. The summed E-state index contributed by atoms with van der Waals surface area (Å²) in [5.74, 6) is -2.75. The Morgan fingerprint density at radius 3 is 2.63 bits per heavy atom. The molecule has 1 fully saturated rings. The van der Waals surface area contributed by atoms with Gasteiger partial charge in [0.2, 0.25) is 10.0 Å². The van der Waals surface area contributed by atoms with Gasteiger partial charge in [0.15, 0.2) is 0 Å². The molecule has 1 aromatic carbocycles. The van der Waals surface area contributed by atoms with Gasteiger partial charge in [0.05, 0.1) is 5.92 Å². The third-order valence-electron chi connectivity index (χ3n) is 2.90. The first kappa shape index (κ1) is 13.5. The number of benzene rings is 1. The molecule has 0 atom stereocenters. The second-order valence-electron chi connectivity index (χ2n) is 4.08. The van der Waals surface area contributed by atoms with Gasteiger partial charge in [0.25, 0.3) is 0 Å². The van der Waals surface area contributed by atoms with Crippen LogP contribution < -0.4 is 0 Å². The maximum atomic E-state index is 13.4. The molecule has 19 heavy (non-hydrogen) atoms. The summed E-state index contributed by atoms with van der Waals surface area (Å²) in [6.45, 7) is -0.335. The smallest absolute Gasteiger partial charge is 0.309 e. The Bertz CT molecular complexity index is 674. The van der Waals surface area contributed by atoms with Gasteiger partial charge in [0.1, 0.15) is 22.3 Å². The lowest BCUT2D eigenvalue weighted by Crippen LogP contribution is -2.52. The SMILES string of the molecule is N#Cc1c(F)cccc1S(=O)(=O)N1CC(C(=O)O)C1. The van der Waals surface area contributed by atoms with Gasteiger partial charge in [-0.15, -0.1) is 0 Å². The topological polar surface area (TPSA) is 98.5 Å². The van der Waals surface area contributed by atoms with E-state index in [9.17, 15) is 17.6 Å². The standard InChI is InChI=1S/C11H9FN2O4S/c12-9-2-1-3-10(8(9)4-13)19(17,18)14-5-7(6-14)11(15)16/h1-3,7H,5-6H2,(H,15,16). The van der Waals surface area contributed by atoms with Crippen LogP contribution in [0.4, 0.5) is 4.39 Å². The Balaban J connectivity index is 2.35. The number of aliphatic carboxylic acids is 1. The number of sulfonamides is 1. The molecule has 0 amide bonds. The molecule has 1 heterocycles. The van der Waals surface area contributed by atoms with E-state index in [2.05, 4.69) is 0 Å². The number of carboxylic acid groups (broad SMARTS) is 1. The van der Waals surface area contributed by atoms with Gasteiger partial charge in [-0.3, -0.25) is 4.79 Å². The summed E-state index contributed by atoms with van der Waals surface area (Å²) < 4.78 is 38.5. The maximum Gasteiger partial charge on any atom is 0.309 e. The summed E-state index contributed by atoms with van der Waals surface area (Å²) in [4.78, 5) is 10.2. The largest absolute Gasteiger partial charge is 0.481 e. The van der Waals surface area contributed by atoms with E-state index in [0.717, 1.165) is 16.4 Å². The minimum absolute atomic E-state index is 0.168. The lowest BCUT2D eigenvalue weighted by molar-refractivity contribution is -0.145. The molecular weight excluding hydrogens is 275 g/mol. The third-order valence-corrected chi connectivity index (χ3v) is 4.78. The molecule has 1 aromatic rings. The predicted molar refractivity (Wildman–Crippen MR) is 61.0 cm³/mol. The van der Waals surface area contributed by atoms with Crippen LogP contribution in [0.1, 0.15) is 5.56 Å². The van der Waals surface area contributed by atoms with Gasteiger partial charge in [-0.2, -0.15) is 9.57 Å². The first-order chi connectivity index (χ1) is 8.87. The zero-order valence-electron chi connectivity index (χ0n) is 9.58. The van der Waals surface area contributed by atoms with Crippen LogP contribution in [0.2, 0.25) is 0 Å². The van der Waals surface area contributed by atoms with E-state index in [1.54, 1.807) is 0 Å². The lowest BCUT2D eigenvalue weighted by atomic mass is 10.0. The molecule has 8 heteroatoms. The Kier molecular flexibility index (Phi) is 3.26. The number of carbonyl (C=O) groups is 1. The number of rotatable bonds is 3. The molecular formula is C11H9FN2O4S. The van der Waals surface area contributed by atoms with E-state index in [1.807, 2.05) is 0 Å². The fourth-order valence-electron chi connectivity index (χ4n) is 1.76. The number of hydrogen-bond acceptors (Lipinski definition) is 4. The van der Waals surface area contributed by atoms with Crippen molar-refractivity contribution in [3.8, 4) is 6.07 Å². The van der Waals surface area contributed by atoms with Crippen LogP contribution in [-0.2, 0) is 14.8 Å². The van der Waals surface area contributed by atoms with Gasteiger partial charge >= 0.3 is 5.97 Å². The minimum Gasteiger partial charge on any atom is -0.481 e. The highest BCUT2D eigenvalue weighted by Crippen LogP contribution is 2.28. The molecule has 1 aliphatic heterocycles. The van der Waals surface area contributed by atoms with E-state index in [0.29, 0.717) is 0 Å². The number of hydrogen-bond donors (Lipinski definition) is 1. The molecule has 1 saturated heterocycles. The van der Waals surface area contributed by atoms with Crippen molar-refractivity contribution in [2.45, 2.75) is 4.90 Å². The van der Waals surface area contributed by atoms with Crippen LogP contribution in [0.15, 0.2) is 23.1 Å². The van der Waals surface area contributed by atoms with E-state index in [1.165, 1.54) is 12.1 Å². The van der Waals surface area contributed by atoms with Crippen LogP contribution >= 0.6 is 0 Å². The second kappa shape index (κ2) is 4.60. The van der Waals surface area contributed by atoms with Gasteiger partial charge in [-0.05, 0) is 12.1 Å². The molecule has 100 valence electrons. The molecule has 0 aliphatic carbocycles. The predicted octanol–water partition coefficient (Wildman–Crippen LogP) is 0.402. The fraction of sp³-hybridized carbons (Fsp3) is 0.273. The molecule has 0 unspecified atom stereocenters. The molecule has 6 nitrogen and oxygen atoms in total. The molecule has 0 spiro atoms. The summed E-state index contributed by atoms with van der Waals surface area (Å²) in [5.41, 5.74) is -0.554. The first-order valence-corrected chi connectivity index (χ1v) is 6.73. The Labute approximate surface area is 108 Å². The average Bonchev–Trinajstić information content (AvgIpc) is 2.25. The number of halogens is 1. The van der Waals surface area contributed by atoms with Crippen molar-refractivity contribution in [2.24, 2.45) is 5.92 Å². The summed E-state index contributed by atoms with van der Waals surface area (Å²) >= 11 is 0. The van der Waals surface area contributed by atoms with Crippen molar-refractivity contribution in [1.29, 1.82) is 5.26 Å². The Hall–Kier alpha value is -1.98. The Morgan fingerprint density at radius 1 is 1.47 bits per heavy atom. The van der Waals surface area contributed by atoms with Crippen molar-refractivity contribution in [3.05, 3.63) is 29.6 Å². The van der Waals surface area contributed by atoms with Crippen LogP contribution in [0.5, 0.6) is 0 Å². The lowest BCUT2D eigenvalue weighted by Gasteiger charge is -2.35. The quantitative estimate of drug-likeness (QED) is 0.866. The minimum atomic E-state index is -4.03. The molecule has 1 aliphatic rings. The summed E-state index contributed by atoms with van der Waals surface area (Å²) in [7, 11) is -4.03. The normalized spacial score (nSPS) is 16.6. The first-order valence-electron chi connectivity index (χ1n) is 5.29. The highest BCUT2D eigenvalue weighted by atomic mass is 32.2. The fourth-order valence-corrected chi connectivity index (χ4v) is 3.44. The number of nitrogens with zero attached hydrogens (tertiary/aromatic N) is 2. The van der Waals surface area contributed by atoms with E-state index < -0.39 is 38.2 Å². The molecule has 0 radical (unpaired) electrons. The van der Waals surface area contributed by atoms with E-state index in [4.69, 9.17) is 10.4 Å². The van der Waals surface area contributed by atoms with Crippen molar-refractivity contribution in [2.75, 3.05) is 13.1 Å². The van der Waals surface area contributed by atoms with Crippen LogP contribution in [0, 0.1) is 23.1 Å². The number of nitriles is 1. The second-order valence-corrected chi connectivity index (χ2v) is 5.99. The zero-order chi connectivity index (χ0) is 14.2. The van der Waals surface area contributed by atoms with Crippen LogP contribution in [0.3, 0.4) is 0 Å².